The molecule has 5 rings (SSSR count). The Kier molecular flexibility index (Phi) is 4.98. The third-order valence-electron chi connectivity index (χ3n) is 5.73. The van der Waals surface area contributed by atoms with Crippen molar-refractivity contribution in [2.45, 2.75) is 18.9 Å². The van der Waals surface area contributed by atoms with Gasteiger partial charge >= 0.3 is 0 Å². The topological polar surface area (TPSA) is 80.2 Å². The zero-order valence-corrected chi connectivity index (χ0v) is 16.5. The van der Waals surface area contributed by atoms with E-state index in [1.807, 2.05) is 34.9 Å². The van der Waals surface area contributed by atoms with Gasteiger partial charge in [0.05, 0.1) is 18.3 Å². The minimum atomic E-state index is -0.131. The van der Waals surface area contributed by atoms with E-state index in [-0.39, 0.29) is 18.1 Å². The number of benzene rings is 1. The predicted molar refractivity (Wildman–Crippen MR) is 114 cm³/mol. The van der Waals surface area contributed by atoms with Crippen LogP contribution >= 0.6 is 0 Å². The van der Waals surface area contributed by atoms with Crippen LogP contribution < -0.4 is 10.2 Å². The lowest BCUT2D eigenvalue weighted by Crippen LogP contribution is -2.35. The number of hydrogen-bond acceptors (Lipinski definition) is 6. The first-order valence-corrected chi connectivity index (χ1v) is 10.2. The van der Waals surface area contributed by atoms with Crippen LogP contribution in [-0.4, -0.2) is 51.7 Å². The second kappa shape index (κ2) is 7.93. The maximum Gasteiger partial charge on any atom is 0.193 e. The zero-order valence-electron chi connectivity index (χ0n) is 16.5. The first-order chi connectivity index (χ1) is 14.7. The molecule has 0 radical (unpaired) electrons. The highest BCUT2D eigenvalue weighted by atomic mass is 16.5. The Hall–Kier alpha value is -3.16. The summed E-state index contributed by atoms with van der Waals surface area (Å²) in [4.78, 5) is 19.4. The van der Waals surface area contributed by atoms with E-state index in [1.165, 1.54) is 6.07 Å². The fourth-order valence-electron chi connectivity index (χ4n) is 4.10. The van der Waals surface area contributed by atoms with Gasteiger partial charge in [0.15, 0.2) is 11.2 Å². The largest absolute Gasteiger partial charge is 0.492 e. The quantitative estimate of drug-likeness (QED) is 0.531. The van der Waals surface area contributed by atoms with Crippen molar-refractivity contribution >= 4 is 16.5 Å². The van der Waals surface area contributed by atoms with Crippen LogP contribution in [0.4, 0.5) is 0 Å². The van der Waals surface area contributed by atoms with Crippen LogP contribution in [0.15, 0.2) is 64.2 Å². The molecule has 154 valence electrons. The summed E-state index contributed by atoms with van der Waals surface area (Å²) in [6, 6.07) is 12.8. The highest BCUT2D eigenvalue weighted by molar-refractivity contribution is 5.80. The SMILES string of the molecule is O=c1cc(-c2cc3cccn3cn2)oc2ccc(OCCN3CCC[C@H]3CO)cc12. The molecule has 4 aromatic rings. The van der Waals surface area contributed by atoms with Crippen molar-refractivity contribution in [2.24, 2.45) is 0 Å². The molecule has 7 nitrogen and oxygen atoms in total. The lowest BCUT2D eigenvalue weighted by molar-refractivity contribution is 0.139. The Morgan fingerprint density at radius 3 is 3.07 bits per heavy atom. The molecule has 4 heterocycles. The van der Waals surface area contributed by atoms with Gasteiger partial charge in [-0.25, -0.2) is 4.98 Å². The highest BCUT2D eigenvalue weighted by Crippen LogP contribution is 2.24. The van der Waals surface area contributed by atoms with Crippen molar-refractivity contribution in [3.05, 3.63) is 65.2 Å². The second-order valence-corrected chi connectivity index (χ2v) is 7.61. The summed E-state index contributed by atoms with van der Waals surface area (Å²) in [5.41, 5.74) is 1.97. The Bertz CT molecular complexity index is 1250. The van der Waals surface area contributed by atoms with Crippen molar-refractivity contribution in [1.82, 2.24) is 14.3 Å². The maximum absolute atomic E-state index is 12.7. The molecule has 0 unspecified atom stereocenters. The van der Waals surface area contributed by atoms with Crippen LogP contribution in [0, 0.1) is 0 Å². The van der Waals surface area contributed by atoms with E-state index < -0.39 is 0 Å². The lowest BCUT2D eigenvalue weighted by atomic mass is 10.2. The van der Waals surface area contributed by atoms with Crippen molar-refractivity contribution in [1.29, 1.82) is 0 Å². The molecule has 1 saturated heterocycles. The fraction of sp³-hybridized carbons (Fsp3) is 0.304. The molecule has 0 saturated carbocycles. The molecular formula is C23H23N3O4. The first kappa shape index (κ1) is 18.8. The summed E-state index contributed by atoms with van der Waals surface area (Å²) in [6.07, 6.45) is 5.75. The Morgan fingerprint density at radius 2 is 2.17 bits per heavy atom. The van der Waals surface area contributed by atoms with E-state index in [4.69, 9.17) is 9.15 Å². The van der Waals surface area contributed by atoms with Crippen molar-refractivity contribution < 1.29 is 14.3 Å². The van der Waals surface area contributed by atoms with Crippen LogP contribution in [-0.2, 0) is 0 Å². The Morgan fingerprint density at radius 1 is 1.23 bits per heavy atom. The Labute approximate surface area is 173 Å². The summed E-state index contributed by atoms with van der Waals surface area (Å²) < 4.78 is 13.7. The predicted octanol–water partition coefficient (Wildman–Crippen LogP) is 2.94. The average Bonchev–Trinajstić information content (AvgIpc) is 3.42. The lowest BCUT2D eigenvalue weighted by Gasteiger charge is -2.22. The summed E-state index contributed by atoms with van der Waals surface area (Å²) in [5, 5.41) is 9.90. The summed E-state index contributed by atoms with van der Waals surface area (Å²) in [6.45, 7) is 2.44. The van der Waals surface area contributed by atoms with Crippen molar-refractivity contribution in [3.8, 4) is 17.2 Å². The van der Waals surface area contributed by atoms with Gasteiger partial charge in [0.1, 0.15) is 23.6 Å². The molecule has 0 aliphatic carbocycles. The highest BCUT2D eigenvalue weighted by Gasteiger charge is 2.23. The average molecular weight is 405 g/mol. The van der Waals surface area contributed by atoms with Crippen LogP contribution in [0.5, 0.6) is 5.75 Å². The van der Waals surface area contributed by atoms with Gasteiger partial charge in [0, 0.05) is 30.4 Å². The van der Waals surface area contributed by atoms with Gasteiger partial charge < -0.3 is 18.7 Å². The maximum atomic E-state index is 12.7. The minimum absolute atomic E-state index is 0.131. The van der Waals surface area contributed by atoms with E-state index >= 15 is 0 Å². The molecule has 1 aromatic carbocycles. The molecule has 30 heavy (non-hydrogen) atoms. The smallest absolute Gasteiger partial charge is 0.193 e. The third-order valence-corrected chi connectivity index (χ3v) is 5.73. The molecular weight excluding hydrogens is 382 g/mol. The van der Waals surface area contributed by atoms with Gasteiger partial charge in [-0.3, -0.25) is 9.69 Å². The molecule has 3 aromatic heterocycles. The molecule has 1 aliphatic rings. The standard InChI is InChI=1S/C23H23N3O4/c27-14-17-4-2-7-25(17)9-10-29-18-5-6-22-19(12-18)21(28)13-23(30-22)20-11-16-3-1-8-26(16)15-24-20/h1,3,5-6,8,11-13,15,17,27H,2,4,7,9-10,14H2/t17-/m0/s1. The monoisotopic (exact) mass is 405 g/mol. The van der Waals surface area contributed by atoms with Crippen molar-refractivity contribution in [2.75, 3.05) is 26.3 Å². The number of aliphatic hydroxyl groups is 1. The van der Waals surface area contributed by atoms with E-state index in [1.54, 1.807) is 18.5 Å². The second-order valence-electron chi connectivity index (χ2n) is 7.61. The van der Waals surface area contributed by atoms with Gasteiger partial charge in [-0.15, -0.1) is 0 Å². The third kappa shape index (κ3) is 3.58. The number of aromatic nitrogens is 2. The molecule has 1 aliphatic heterocycles. The molecule has 0 spiro atoms. The van der Waals surface area contributed by atoms with E-state index in [0.29, 0.717) is 34.8 Å². The van der Waals surface area contributed by atoms with Crippen molar-refractivity contribution in [3.63, 3.8) is 0 Å². The van der Waals surface area contributed by atoms with Crippen LogP contribution in [0.3, 0.4) is 0 Å². The number of fused-ring (bicyclic) bond motifs is 2. The van der Waals surface area contributed by atoms with Gasteiger partial charge in [-0.2, -0.15) is 0 Å². The number of rotatable bonds is 6. The van der Waals surface area contributed by atoms with Gasteiger partial charge in [0.2, 0.25) is 0 Å². The molecule has 1 fully saturated rings. The van der Waals surface area contributed by atoms with E-state index in [2.05, 4.69) is 9.88 Å². The molecule has 0 bridgehead atoms. The summed E-state index contributed by atoms with van der Waals surface area (Å²) >= 11 is 0. The van der Waals surface area contributed by atoms with Gasteiger partial charge in [0.25, 0.3) is 0 Å². The van der Waals surface area contributed by atoms with Crippen LogP contribution in [0.25, 0.3) is 27.9 Å². The normalized spacial score (nSPS) is 17.2. The number of hydrogen-bond donors (Lipinski definition) is 1. The number of likely N-dealkylation sites (tertiary alicyclic amines) is 1. The first-order valence-electron chi connectivity index (χ1n) is 10.2. The summed E-state index contributed by atoms with van der Waals surface area (Å²) in [5.74, 6) is 1.07. The van der Waals surface area contributed by atoms with Crippen LogP contribution in [0.2, 0.25) is 0 Å². The number of nitrogens with zero attached hydrogens (tertiary/aromatic N) is 3. The number of ether oxygens (including phenoxy) is 1. The van der Waals surface area contributed by atoms with Gasteiger partial charge in [-0.05, 0) is 55.8 Å². The van der Waals surface area contributed by atoms with Gasteiger partial charge in [-0.1, -0.05) is 0 Å². The molecule has 0 amide bonds. The van der Waals surface area contributed by atoms with E-state index in [9.17, 15) is 9.90 Å². The zero-order chi connectivity index (χ0) is 20.5. The minimum Gasteiger partial charge on any atom is -0.492 e. The molecule has 1 atom stereocenters. The van der Waals surface area contributed by atoms with Crippen LogP contribution in [0.1, 0.15) is 12.8 Å². The number of aliphatic hydroxyl groups excluding tert-OH is 1. The van der Waals surface area contributed by atoms with E-state index in [0.717, 1.165) is 31.4 Å². The molecule has 7 heteroatoms. The Balaban J connectivity index is 1.35. The summed E-state index contributed by atoms with van der Waals surface area (Å²) in [7, 11) is 0. The molecule has 1 N–H and O–H groups in total. The fourth-order valence-corrected chi connectivity index (χ4v) is 4.10.